The zero-order valence-electron chi connectivity index (χ0n) is 11.3. The predicted octanol–water partition coefficient (Wildman–Crippen LogP) is 1.16. The molecule has 1 aromatic rings. The molecule has 0 amide bonds. The van der Waals surface area contributed by atoms with Crippen molar-refractivity contribution in [2.45, 2.75) is 25.7 Å². The fourth-order valence-corrected chi connectivity index (χ4v) is 2.89. The van der Waals surface area contributed by atoms with Crippen molar-refractivity contribution in [3.05, 3.63) is 29.3 Å². The third-order valence-electron chi connectivity index (χ3n) is 2.78. The first-order chi connectivity index (χ1) is 8.72. The molecule has 0 aliphatic rings. The molecule has 0 saturated heterocycles. The lowest BCUT2D eigenvalue weighted by molar-refractivity contribution is 0.163. The summed E-state index contributed by atoms with van der Waals surface area (Å²) in [7, 11) is -3.68. The van der Waals surface area contributed by atoms with Crippen LogP contribution in [0.2, 0.25) is 0 Å². The molecule has 6 heteroatoms. The van der Waals surface area contributed by atoms with Crippen LogP contribution in [0.25, 0.3) is 0 Å². The fraction of sp³-hybridized carbons (Fsp3) is 0.462. The lowest BCUT2D eigenvalue weighted by Crippen LogP contribution is -2.36. The van der Waals surface area contributed by atoms with E-state index in [1.165, 1.54) is 6.07 Å². The number of hydrogen-bond acceptors (Lipinski definition) is 4. The molecule has 0 spiro atoms. The van der Waals surface area contributed by atoms with E-state index < -0.39 is 15.4 Å². The molecule has 0 unspecified atom stereocenters. The van der Waals surface area contributed by atoms with E-state index in [2.05, 4.69) is 4.72 Å². The number of aliphatic hydroxyl groups is 1. The van der Waals surface area contributed by atoms with E-state index in [-0.39, 0.29) is 18.0 Å². The SMILES string of the molecule is Cc1ccc(C#N)cc1S(=O)(=O)NCC(C)(C)CO. The van der Waals surface area contributed by atoms with E-state index in [0.29, 0.717) is 11.1 Å². The first-order valence-electron chi connectivity index (χ1n) is 5.83. The van der Waals surface area contributed by atoms with Gasteiger partial charge in [0.05, 0.1) is 16.5 Å². The summed E-state index contributed by atoms with van der Waals surface area (Å²) in [6.07, 6.45) is 0. The number of hydrogen-bond donors (Lipinski definition) is 2. The Morgan fingerprint density at radius 1 is 1.42 bits per heavy atom. The largest absolute Gasteiger partial charge is 0.396 e. The summed E-state index contributed by atoms with van der Waals surface area (Å²) in [5, 5.41) is 17.9. The van der Waals surface area contributed by atoms with E-state index in [1.807, 2.05) is 6.07 Å². The number of nitrogens with zero attached hydrogens (tertiary/aromatic N) is 1. The molecular weight excluding hydrogens is 264 g/mol. The van der Waals surface area contributed by atoms with Crippen LogP contribution in [-0.2, 0) is 10.0 Å². The first kappa shape index (κ1) is 15.6. The number of nitriles is 1. The van der Waals surface area contributed by atoms with E-state index in [1.54, 1.807) is 32.9 Å². The average molecular weight is 282 g/mol. The monoisotopic (exact) mass is 282 g/mol. The van der Waals surface area contributed by atoms with E-state index in [4.69, 9.17) is 10.4 Å². The van der Waals surface area contributed by atoms with Gasteiger partial charge in [-0.25, -0.2) is 13.1 Å². The third-order valence-corrected chi connectivity index (χ3v) is 4.32. The Labute approximate surface area is 113 Å². The second kappa shape index (κ2) is 5.70. The third kappa shape index (κ3) is 4.03. The molecule has 104 valence electrons. The molecule has 0 aliphatic carbocycles. The predicted molar refractivity (Wildman–Crippen MR) is 71.9 cm³/mol. The average Bonchev–Trinajstić information content (AvgIpc) is 2.37. The van der Waals surface area contributed by atoms with Gasteiger partial charge in [-0.1, -0.05) is 19.9 Å². The molecule has 5 nitrogen and oxygen atoms in total. The van der Waals surface area contributed by atoms with Crippen LogP contribution in [0.5, 0.6) is 0 Å². The molecule has 0 radical (unpaired) electrons. The Balaban J connectivity index is 3.05. The summed E-state index contributed by atoms with van der Waals surface area (Å²) < 4.78 is 26.8. The summed E-state index contributed by atoms with van der Waals surface area (Å²) in [6, 6.07) is 6.45. The normalized spacial score (nSPS) is 12.2. The van der Waals surface area contributed by atoms with Crippen molar-refractivity contribution < 1.29 is 13.5 Å². The fourth-order valence-electron chi connectivity index (χ4n) is 1.38. The summed E-state index contributed by atoms with van der Waals surface area (Å²) >= 11 is 0. The van der Waals surface area contributed by atoms with Crippen molar-refractivity contribution in [2.24, 2.45) is 5.41 Å². The lowest BCUT2D eigenvalue weighted by atomic mass is 9.96. The van der Waals surface area contributed by atoms with Gasteiger partial charge in [-0.2, -0.15) is 5.26 Å². The Kier molecular flexibility index (Phi) is 4.69. The van der Waals surface area contributed by atoms with Crippen molar-refractivity contribution in [1.29, 1.82) is 5.26 Å². The number of rotatable bonds is 5. The maximum Gasteiger partial charge on any atom is 0.240 e. The minimum atomic E-state index is -3.68. The maximum absolute atomic E-state index is 12.2. The highest BCUT2D eigenvalue weighted by atomic mass is 32.2. The van der Waals surface area contributed by atoms with E-state index in [0.717, 1.165) is 0 Å². The Morgan fingerprint density at radius 2 is 2.05 bits per heavy atom. The van der Waals surface area contributed by atoms with Crippen LogP contribution < -0.4 is 4.72 Å². The highest BCUT2D eigenvalue weighted by Gasteiger charge is 2.23. The van der Waals surface area contributed by atoms with Crippen molar-refractivity contribution >= 4 is 10.0 Å². The van der Waals surface area contributed by atoms with Gasteiger partial charge in [0.25, 0.3) is 0 Å². The van der Waals surface area contributed by atoms with Crippen molar-refractivity contribution in [2.75, 3.05) is 13.2 Å². The number of nitrogens with one attached hydrogen (secondary N) is 1. The Hall–Kier alpha value is -1.42. The highest BCUT2D eigenvalue weighted by molar-refractivity contribution is 7.89. The van der Waals surface area contributed by atoms with Crippen LogP contribution in [0.4, 0.5) is 0 Å². The second-order valence-electron chi connectivity index (χ2n) is 5.24. The van der Waals surface area contributed by atoms with Gasteiger partial charge in [0.1, 0.15) is 0 Å². The van der Waals surface area contributed by atoms with Gasteiger partial charge in [-0.05, 0) is 24.6 Å². The molecule has 0 bridgehead atoms. The number of aliphatic hydroxyl groups excluding tert-OH is 1. The van der Waals surface area contributed by atoms with Crippen LogP contribution in [0, 0.1) is 23.7 Å². The number of aryl methyl sites for hydroxylation is 1. The van der Waals surface area contributed by atoms with Gasteiger partial charge in [0.15, 0.2) is 0 Å². The van der Waals surface area contributed by atoms with Gasteiger partial charge >= 0.3 is 0 Å². The number of benzene rings is 1. The maximum atomic E-state index is 12.2. The molecule has 1 aromatic carbocycles. The van der Waals surface area contributed by atoms with Crippen LogP contribution in [0.15, 0.2) is 23.1 Å². The molecule has 0 aliphatic heterocycles. The Bertz CT molecular complexity index is 601. The summed E-state index contributed by atoms with van der Waals surface area (Å²) in [6.45, 7) is 5.20. The Morgan fingerprint density at radius 3 is 2.58 bits per heavy atom. The first-order valence-corrected chi connectivity index (χ1v) is 7.31. The van der Waals surface area contributed by atoms with Crippen LogP contribution >= 0.6 is 0 Å². The smallest absolute Gasteiger partial charge is 0.240 e. The van der Waals surface area contributed by atoms with E-state index in [9.17, 15) is 8.42 Å². The second-order valence-corrected chi connectivity index (χ2v) is 6.97. The van der Waals surface area contributed by atoms with Crippen LogP contribution in [-0.4, -0.2) is 26.7 Å². The van der Waals surface area contributed by atoms with Crippen molar-refractivity contribution in [3.8, 4) is 6.07 Å². The molecule has 2 N–H and O–H groups in total. The van der Waals surface area contributed by atoms with E-state index >= 15 is 0 Å². The summed E-state index contributed by atoms with van der Waals surface area (Å²) in [5.41, 5.74) is 0.342. The molecule has 0 atom stereocenters. The zero-order chi connectivity index (χ0) is 14.7. The van der Waals surface area contributed by atoms with Gasteiger partial charge in [-0.3, -0.25) is 0 Å². The highest BCUT2D eigenvalue weighted by Crippen LogP contribution is 2.18. The topological polar surface area (TPSA) is 90.2 Å². The minimum absolute atomic E-state index is 0.0975. The quantitative estimate of drug-likeness (QED) is 0.848. The number of sulfonamides is 1. The standard InChI is InChI=1S/C13H18N2O3S/c1-10-4-5-11(7-14)6-12(10)19(17,18)15-8-13(2,3)9-16/h4-6,15-16H,8-9H2,1-3H3. The van der Waals surface area contributed by atoms with Crippen molar-refractivity contribution in [3.63, 3.8) is 0 Å². The minimum Gasteiger partial charge on any atom is -0.396 e. The van der Waals surface area contributed by atoms with Gasteiger partial charge in [0, 0.05) is 18.6 Å². The molecule has 0 heterocycles. The zero-order valence-corrected chi connectivity index (χ0v) is 12.1. The van der Waals surface area contributed by atoms with Gasteiger partial charge in [-0.15, -0.1) is 0 Å². The molecule has 19 heavy (non-hydrogen) atoms. The van der Waals surface area contributed by atoms with Crippen LogP contribution in [0.3, 0.4) is 0 Å². The molecule has 0 saturated carbocycles. The molecule has 0 fully saturated rings. The van der Waals surface area contributed by atoms with Gasteiger partial charge < -0.3 is 5.11 Å². The van der Waals surface area contributed by atoms with Crippen molar-refractivity contribution in [1.82, 2.24) is 4.72 Å². The summed E-state index contributed by atoms with van der Waals surface area (Å²) in [5.74, 6) is 0. The lowest BCUT2D eigenvalue weighted by Gasteiger charge is -2.22. The van der Waals surface area contributed by atoms with Gasteiger partial charge in [0.2, 0.25) is 10.0 Å². The molecular formula is C13H18N2O3S. The summed E-state index contributed by atoms with van der Waals surface area (Å²) in [4.78, 5) is 0.0975. The molecule has 1 rings (SSSR count). The molecule has 0 aromatic heterocycles. The van der Waals surface area contributed by atoms with Crippen LogP contribution in [0.1, 0.15) is 25.0 Å².